The summed E-state index contributed by atoms with van der Waals surface area (Å²) < 4.78 is 10.8. The average molecular weight is 414 g/mol. The Morgan fingerprint density at radius 1 is 1.10 bits per heavy atom. The number of amides is 1. The summed E-state index contributed by atoms with van der Waals surface area (Å²) in [6, 6.07) is 0.473. The number of hydrogen-bond donors (Lipinski definition) is 3. The first-order valence-electron chi connectivity index (χ1n) is 11.0. The molecule has 1 saturated heterocycles. The van der Waals surface area contributed by atoms with Gasteiger partial charge in [-0.2, -0.15) is 0 Å². The molecule has 0 aromatic rings. The largest absolute Gasteiger partial charge is 0.444 e. The zero-order valence-corrected chi connectivity index (χ0v) is 19.3. The lowest BCUT2D eigenvalue weighted by Crippen LogP contribution is -2.53. The van der Waals surface area contributed by atoms with Gasteiger partial charge in [-0.25, -0.2) is 4.79 Å². The molecule has 0 aliphatic carbocycles. The lowest BCUT2D eigenvalue weighted by atomic mass is 9.92. The fourth-order valence-corrected chi connectivity index (χ4v) is 3.56. The van der Waals surface area contributed by atoms with Crippen molar-refractivity contribution in [3.05, 3.63) is 0 Å². The molecule has 8 nitrogen and oxygen atoms in total. The summed E-state index contributed by atoms with van der Waals surface area (Å²) in [5.41, 5.74) is -0.472. The Morgan fingerprint density at radius 2 is 1.72 bits per heavy atom. The minimum atomic E-state index is -0.472. The van der Waals surface area contributed by atoms with Crippen LogP contribution in [0.4, 0.5) is 4.79 Å². The first-order valence-corrected chi connectivity index (χ1v) is 11.0. The quantitative estimate of drug-likeness (QED) is 0.289. The highest BCUT2D eigenvalue weighted by Crippen LogP contribution is 2.19. The molecule has 8 heteroatoms. The van der Waals surface area contributed by atoms with Crippen molar-refractivity contribution in [2.24, 2.45) is 10.9 Å². The highest BCUT2D eigenvalue weighted by atomic mass is 16.6. The van der Waals surface area contributed by atoms with Gasteiger partial charge in [0.05, 0.1) is 13.2 Å². The Balaban J connectivity index is 2.37. The molecule has 1 fully saturated rings. The minimum absolute atomic E-state index is 0.376. The van der Waals surface area contributed by atoms with Crippen LogP contribution >= 0.6 is 0 Å². The third-order valence-corrected chi connectivity index (χ3v) is 5.12. The van der Waals surface area contributed by atoms with Gasteiger partial charge in [0.1, 0.15) is 5.60 Å². The van der Waals surface area contributed by atoms with Crippen LogP contribution in [0.5, 0.6) is 0 Å². The molecule has 29 heavy (non-hydrogen) atoms. The molecule has 1 amide bonds. The van der Waals surface area contributed by atoms with Gasteiger partial charge >= 0.3 is 6.09 Å². The second-order valence-electron chi connectivity index (χ2n) is 8.45. The SMILES string of the molecule is CCC(CC)C(CNC(=NC)NCCCNC(=O)OC(C)(C)C)N1CCOCC1. The normalized spacial score (nSPS) is 17.1. The summed E-state index contributed by atoms with van der Waals surface area (Å²) in [4.78, 5) is 18.5. The van der Waals surface area contributed by atoms with E-state index in [0.717, 1.165) is 51.8 Å². The van der Waals surface area contributed by atoms with Gasteiger partial charge in [0.25, 0.3) is 0 Å². The van der Waals surface area contributed by atoms with Crippen LogP contribution in [0.15, 0.2) is 4.99 Å². The Kier molecular flexibility index (Phi) is 12.0. The number of hydrogen-bond acceptors (Lipinski definition) is 5. The fraction of sp³-hybridized carbons (Fsp3) is 0.905. The Hall–Kier alpha value is -1.54. The second-order valence-corrected chi connectivity index (χ2v) is 8.45. The third kappa shape index (κ3) is 10.7. The summed E-state index contributed by atoms with van der Waals surface area (Å²) in [7, 11) is 1.79. The standard InChI is InChI=1S/C21H43N5O3/c1-7-17(8-2)18(26-12-14-28-15-13-26)16-25-19(22-6)23-10-9-11-24-20(27)29-21(3,4)5/h17-18H,7-16H2,1-6H3,(H,24,27)(H2,22,23,25). The molecular weight excluding hydrogens is 370 g/mol. The zero-order valence-electron chi connectivity index (χ0n) is 19.3. The van der Waals surface area contributed by atoms with Crippen molar-refractivity contribution in [2.45, 2.75) is 65.5 Å². The summed E-state index contributed by atoms with van der Waals surface area (Å²) in [5.74, 6) is 1.45. The van der Waals surface area contributed by atoms with Crippen LogP contribution in [-0.2, 0) is 9.47 Å². The van der Waals surface area contributed by atoms with Crippen LogP contribution < -0.4 is 16.0 Å². The van der Waals surface area contributed by atoms with Gasteiger partial charge in [0, 0.05) is 45.8 Å². The van der Waals surface area contributed by atoms with Crippen LogP contribution in [0.3, 0.4) is 0 Å². The molecular formula is C21H43N5O3. The molecule has 0 aromatic carbocycles. The zero-order chi connectivity index (χ0) is 21.7. The van der Waals surface area contributed by atoms with Crippen molar-refractivity contribution in [3.8, 4) is 0 Å². The van der Waals surface area contributed by atoms with E-state index in [1.807, 2.05) is 20.8 Å². The molecule has 1 heterocycles. The maximum atomic E-state index is 11.7. The summed E-state index contributed by atoms with van der Waals surface area (Å²) in [6.45, 7) is 15.9. The maximum Gasteiger partial charge on any atom is 0.407 e. The van der Waals surface area contributed by atoms with E-state index in [-0.39, 0.29) is 6.09 Å². The monoisotopic (exact) mass is 413 g/mol. The smallest absolute Gasteiger partial charge is 0.407 e. The van der Waals surface area contributed by atoms with Gasteiger partial charge in [-0.05, 0) is 33.1 Å². The molecule has 170 valence electrons. The number of rotatable bonds is 10. The number of aliphatic imine (C=N–C) groups is 1. The first-order chi connectivity index (χ1) is 13.8. The van der Waals surface area contributed by atoms with Gasteiger partial charge in [-0.15, -0.1) is 0 Å². The van der Waals surface area contributed by atoms with E-state index in [1.165, 1.54) is 12.8 Å². The van der Waals surface area contributed by atoms with Gasteiger partial charge in [0.2, 0.25) is 0 Å². The molecule has 1 atom stereocenters. The highest BCUT2D eigenvalue weighted by Gasteiger charge is 2.27. The van der Waals surface area contributed by atoms with E-state index in [2.05, 4.69) is 39.7 Å². The Bertz CT molecular complexity index is 483. The molecule has 1 aliphatic rings. The Morgan fingerprint density at radius 3 is 2.28 bits per heavy atom. The van der Waals surface area contributed by atoms with Crippen molar-refractivity contribution >= 4 is 12.1 Å². The number of nitrogens with one attached hydrogen (secondary N) is 3. The van der Waals surface area contributed by atoms with Gasteiger partial charge in [-0.1, -0.05) is 26.7 Å². The molecule has 1 unspecified atom stereocenters. The molecule has 0 aromatic heterocycles. The molecule has 1 aliphatic heterocycles. The van der Waals surface area contributed by atoms with Crippen LogP contribution in [0.1, 0.15) is 53.9 Å². The van der Waals surface area contributed by atoms with E-state index in [4.69, 9.17) is 9.47 Å². The fourth-order valence-electron chi connectivity index (χ4n) is 3.56. The molecule has 3 N–H and O–H groups in total. The Labute approximate surface area is 177 Å². The number of carbonyl (C=O) groups excluding carboxylic acids is 1. The second kappa shape index (κ2) is 13.6. The molecule has 0 radical (unpaired) electrons. The topological polar surface area (TPSA) is 87.2 Å². The van der Waals surface area contributed by atoms with Crippen LogP contribution in [-0.4, -0.2) is 81.6 Å². The highest BCUT2D eigenvalue weighted by molar-refractivity contribution is 5.79. The number of morpholine rings is 1. The number of nitrogens with zero attached hydrogens (tertiary/aromatic N) is 2. The molecule has 0 spiro atoms. The summed E-state index contributed by atoms with van der Waals surface area (Å²) in [6.07, 6.45) is 2.75. The van der Waals surface area contributed by atoms with Crippen molar-refractivity contribution in [1.82, 2.24) is 20.9 Å². The van der Waals surface area contributed by atoms with Gasteiger partial charge in [-0.3, -0.25) is 9.89 Å². The van der Waals surface area contributed by atoms with Crippen LogP contribution in [0, 0.1) is 5.92 Å². The minimum Gasteiger partial charge on any atom is -0.444 e. The lowest BCUT2D eigenvalue weighted by Gasteiger charge is -2.39. The van der Waals surface area contributed by atoms with Crippen LogP contribution in [0.2, 0.25) is 0 Å². The van der Waals surface area contributed by atoms with Gasteiger partial charge < -0.3 is 25.4 Å². The molecule has 0 bridgehead atoms. The van der Waals surface area contributed by atoms with E-state index >= 15 is 0 Å². The maximum absolute atomic E-state index is 11.7. The number of ether oxygens (including phenoxy) is 2. The van der Waals surface area contributed by atoms with E-state index in [0.29, 0.717) is 18.5 Å². The van der Waals surface area contributed by atoms with E-state index in [1.54, 1.807) is 7.05 Å². The number of alkyl carbamates (subject to hydrolysis) is 1. The summed E-state index contributed by atoms with van der Waals surface area (Å²) >= 11 is 0. The van der Waals surface area contributed by atoms with E-state index < -0.39 is 5.60 Å². The van der Waals surface area contributed by atoms with Gasteiger partial charge in [0.15, 0.2) is 5.96 Å². The van der Waals surface area contributed by atoms with Crippen molar-refractivity contribution < 1.29 is 14.3 Å². The predicted octanol–water partition coefficient (Wildman–Crippen LogP) is 2.20. The van der Waals surface area contributed by atoms with E-state index in [9.17, 15) is 4.79 Å². The van der Waals surface area contributed by atoms with Crippen molar-refractivity contribution in [1.29, 1.82) is 0 Å². The van der Waals surface area contributed by atoms with Crippen LogP contribution in [0.25, 0.3) is 0 Å². The first kappa shape index (κ1) is 25.5. The number of guanidine groups is 1. The molecule has 1 rings (SSSR count). The lowest BCUT2D eigenvalue weighted by molar-refractivity contribution is 0.00272. The summed E-state index contributed by atoms with van der Waals surface area (Å²) in [5, 5.41) is 9.59. The number of carbonyl (C=O) groups is 1. The average Bonchev–Trinajstić information content (AvgIpc) is 2.68. The van der Waals surface area contributed by atoms with Crippen molar-refractivity contribution in [3.63, 3.8) is 0 Å². The van der Waals surface area contributed by atoms with Crippen molar-refractivity contribution in [2.75, 3.05) is 53.0 Å². The predicted molar refractivity (Wildman–Crippen MR) is 118 cm³/mol. The third-order valence-electron chi connectivity index (χ3n) is 5.12. The molecule has 0 saturated carbocycles.